The number of hydrogen-bond acceptors (Lipinski definition) is 3. The van der Waals surface area contributed by atoms with Crippen LogP contribution in [0.4, 0.5) is 0 Å². The van der Waals surface area contributed by atoms with Crippen molar-refractivity contribution in [1.82, 2.24) is 15.3 Å². The summed E-state index contributed by atoms with van der Waals surface area (Å²) in [6.07, 6.45) is 0. The number of nitrogens with one attached hydrogen (secondary N) is 2. The van der Waals surface area contributed by atoms with Crippen molar-refractivity contribution in [1.29, 1.82) is 0 Å². The quantitative estimate of drug-likeness (QED) is 0.507. The number of carbonyl (C=O) groups excluding carboxylic acids is 1. The minimum Gasteiger partial charge on any atom is -0.349 e. The Labute approximate surface area is 156 Å². The van der Waals surface area contributed by atoms with Crippen LogP contribution in [0.15, 0.2) is 71.9 Å². The van der Waals surface area contributed by atoms with Gasteiger partial charge in [-0.2, -0.15) is 0 Å². The van der Waals surface area contributed by atoms with Gasteiger partial charge in [0.25, 0.3) is 0 Å². The third-order valence-electron chi connectivity index (χ3n) is 4.37. The summed E-state index contributed by atoms with van der Waals surface area (Å²) < 4.78 is 0. The van der Waals surface area contributed by atoms with Gasteiger partial charge in [0.2, 0.25) is 5.91 Å². The van der Waals surface area contributed by atoms with E-state index < -0.39 is 0 Å². The zero-order valence-electron chi connectivity index (χ0n) is 14.4. The summed E-state index contributed by atoms with van der Waals surface area (Å²) in [7, 11) is 0. The fraction of sp³-hybridized carbons (Fsp3) is 0.143. The molecular formula is C21H19N3OS. The molecule has 4 aromatic rings. The maximum Gasteiger partial charge on any atom is 0.230 e. The van der Waals surface area contributed by atoms with E-state index in [-0.39, 0.29) is 11.9 Å². The van der Waals surface area contributed by atoms with Gasteiger partial charge >= 0.3 is 0 Å². The Kier molecular flexibility index (Phi) is 4.63. The van der Waals surface area contributed by atoms with Gasteiger partial charge in [0.15, 0.2) is 5.16 Å². The van der Waals surface area contributed by atoms with Crippen molar-refractivity contribution in [2.24, 2.45) is 0 Å². The Morgan fingerprint density at radius 1 is 1.08 bits per heavy atom. The van der Waals surface area contributed by atoms with Crippen LogP contribution in [-0.2, 0) is 4.79 Å². The number of thioether (sulfide) groups is 1. The highest BCUT2D eigenvalue weighted by atomic mass is 32.2. The molecule has 0 fully saturated rings. The van der Waals surface area contributed by atoms with Crippen molar-refractivity contribution in [2.45, 2.75) is 18.1 Å². The van der Waals surface area contributed by atoms with Gasteiger partial charge in [-0.05, 0) is 35.4 Å². The highest BCUT2D eigenvalue weighted by molar-refractivity contribution is 7.99. The number of para-hydroxylation sites is 2. The largest absolute Gasteiger partial charge is 0.349 e. The van der Waals surface area contributed by atoms with E-state index in [1.807, 2.05) is 49.4 Å². The highest BCUT2D eigenvalue weighted by Crippen LogP contribution is 2.24. The molecule has 1 atom stereocenters. The molecule has 26 heavy (non-hydrogen) atoms. The van der Waals surface area contributed by atoms with E-state index >= 15 is 0 Å². The monoisotopic (exact) mass is 361 g/mol. The Morgan fingerprint density at radius 3 is 2.73 bits per heavy atom. The molecule has 0 unspecified atom stereocenters. The predicted molar refractivity (Wildman–Crippen MR) is 107 cm³/mol. The number of benzene rings is 3. The maximum atomic E-state index is 12.4. The first kappa shape index (κ1) is 16.7. The van der Waals surface area contributed by atoms with E-state index in [0.29, 0.717) is 5.75 Å². The van der Waals surface area contributed by atoms with E-state index in [0.717, 1.165) is 21.8 Å². The first-order valence-corrected chi connectivity index (χ1v) is 9.54. The number of H-pyrrole nitrogens is 1. The fourth-order valence-corrected chi connectivity index (χ4v) is 3.82. The van der Waals surface area contributed by atoms with E-state index in [2.05, 4.69) is 39.6 Å². The third-order valence-corrected chi connectivity index (χ3v) is 5.25. The van der Waals surface area contributed by atoms with E-state index in [1.165, 1.54) is 22.5 Å². The smallest absolute Gasteiger partial charge is 0.230 e. The van der Waals surface area contributed by atoms with E-state index in [4.69, 9.17) is 0 Å². The molecule has 4 rings (SSSR count). The number of amides is 1. The minimum absolute atomic E-state index is 0.00381. The van der Waals surface area contributed by atoms with Crippen molar-refractivity contribution in [3.63, 3.8) is 0 Å². The molecule has 5 heteroatoms. The molecule has 0 aliphatic heterocycles. The van der Waals surface area contributed by atoms with Crippen molar-refractivity contribution in [2.75, 3.05) is 5.75 Å². The average Bonchev–Trinajstić information content (AvgIpc) is 3.09. The lowest BCUT2D eigenvalue weighted by atomic mass is 10.00. The maximum absolute atomic E-state index is 12.4. The number of aromatic amines is 1. The second kappa shape index (κ2) is 7.22. The number of nitrogens with zero attached hydrogens (tertiary/aromatic N) is 1. The second-order valence-corrected chi connectivity index (χ2v) is 7.17. The average molecular weight is 361 g/mol. The number of hydrogen-bond donors (Lipinski definition) is 2. The van der Waals surface area contributed by atoms with Crippen molar-refractivity contribution >= 4 is 39.5 Å². The normalized spacial score (nSPS) is 12.3. The van der Waals surface area contributed by atoms with Crippen LogP contribution < -0.4 is 5.32 Å². The number of aromatic nitrogens is 2. The van der Waals surface area contributed by atoms with Gasteiger partial charge in [0.1, 0.15) is 0 Å². The molecule has 0 saturated carbocycles. The van der Waals surface area contributed by atoms with Crippen LogP contribution in [0.1, 0.15) is 18.5 Å². The van der Waals surface area contributed by atoms with Gasteiger partial charge < -0.3 is 10.3 Å². The first-order chi connectivity index (χ1) is 12.7. The summed E-state index contributed by atoms with van der Waals surface area (Å²) in [4.78, 5) is 20.1. The molecule has 4 nitrogen and oxygen atoms in total. The predicted octanol–water partition coefficient (Wildman–Crippen LogP) is 4.69. The molecule has 0 aliphatic rings. The standard InChI is InChI=1S/C21H19N3OS/c1-14(16-10-6-8-15-7-2-3-9-17(15)16)22-20(25)13-26-21-23-18-11-4-5-12-19(18)24-21/h2-12,14H,13H2,1H3,(H,22,25)(H,23,24)/t14-/m1/s1. The Bertz CT molecular complexity index is 1030. The lowest BCUT2D eigenvalue weighted by Crippen LogP contribution is -2.28. The molecule has 0 aliphatic carbocycles. The van der Waals surface area contributed by atoms with Gasteiger partial charge in [0.05, 0.1) is 22.8 Å². The highest BCUT2D eigenvalue weighted by Gasteiger charge is 2.13. The first-order valence-electron chi connectivity index (χ1n) is 8.55. The number of fused-ring (bicyclic) bond motifs is 2. The Hall–Kier alpha value is -2.79. The van der Waals surface area contributed by atoms with Gasteiger partial charge in [-0.1, -0.05) is 66.4 Å². The summed E-state index contributed by atoms with van der Waals surface area (Å²) in [6, 6.07) is 22.2. The molecule has 0 bridgehead atoms. The van der Waals surface area contributed by atoms with Crippen LogP contribution in [0, 0.1) is 0 Å². The zero-order chi connectivity index (χ0) is 17.9. The number of imidazole rings is 1. The Morgan fingerprint density at radius 2 is 1.85 bits per heavy atom. The lowest BCUT2D eigenvalue weighted by molar-refractivity contribution is -0.119. The summed E-state index contributed by atoms with van der Waals surface area (Å²) in [5, 5.41) is 6.21. The minimum atomic E-state index is -0.0510. The molecule has 1 amide bonds. The zero-order valence-corrected chi connectivity index (χ0v) is 15.2. The molecule has 0 saturated heterocycles. The fourth-order valence-electron chi connectivity index (χ4n) is 3.12. The van der Waals surface area contributed by atoms with Crippen LogP contribution in [0.3, 0.4) is 0 Å². The summed E-state index contributed by atoms with van der Waals surface area (Å²) in [6.45, 7) is 2.02. The summed E-state index contributed by atoms with van der Waals surface area (Å²) >= 11 is 1.42. The third kappa shape index (κ3) is 3.44. The van der Waals surface area contributed by atoms with Crippen LogP contribution in [-0.4, -0.2) is 21.6 Å². The molecule has 1 aromatic heterocycles. The van der Waals surface area contributed by atoms with Crippen LogP contribution in [0.2, 0.25) is 0 Å². The lowest BCUT2D eigenvalue weighted by Gasteiger charge is -2.16. The van der Waals surface area contributed by atoms with Crippen molar-refractivity contribution in [3.05, 3.63) is 72.3 Å². The van der Waals surface area contributed by atoms with Crippen LogP contribution >= 0.6 is 11.8 Å². The number of rotatable bonds is 5. The molecule has 0 spiro atoms. The topological polar surface area (TPSA) is 57.8 Å². The van der Waals surface area contributed by atoms with E-state index in [1.54, 1.807) is 0 Å². The molecule has 3 aromatic carbocycles. The number of carbonyl (C=O) groups is 1. The van der Waals surface area contributed by atoms with Crippen LogP contribution in [0.25, 0.3) is 21.8 Å². The van der Waals surface area contributed by atoms with Crippen molar-refractivity contribution in [3.8, 4) is 0 Å². The molecular weight excluding hydrogens is 342 g/mol. The van der Waals surface area contributed by atoms with Gasteiger partial charge in [-0.25, -0.2) is 4.98 Å². The second-order valence-electron chi connectivity index (χ2n) is 6.21. The molecule has 1 heterocycles. The van der Waals surface area contributed by atoms with Crippen LogP contribution in [0.5, 0.6) is 0 Å². The SMILES string of the molecule is C[C@@H](NC(=O)CSc1nc2ccccc2[nH]1)c1cccc2ccccc12. The van der Waals surface area contributed by atoms with Gasteiger partial charge in [-0.3, -0.25) is 4.79 Å². The Balaban J connectivity index is 1.42. The van der Waals surface area contributed by atoms with E-state index in [9.17, 15) is 4.79 Å². The van der Waals surface area contributed by atoms with Gasteiger partial charge in [0, 0.05) is 0 Å². The molecule has 2 N–H and O–H groups in total. The van der Waals surface area contributed by atoms with Crippen molar-refractivity contribution < 1.29 is 4.79 Å². The molecule has 0 radical (unpaired) electrons. The summed E-state index contributed by atoms with van der Waals surface area (Å²) in [5.41, 5.74) is 3.03. The molecule has 130 valence electrons. The summed E-state index contributed by atoms with van der Waals surface area (Å²) in [5.74, 6) is 0.324. The van der Waals surface area contributed by atoms with Gasteiger partial charge in [-0.15, -0.1) is 0 Å².